The Morgan fingerprint density at radius 2 is 2.35 bits per heavy atom. The molecule has 0 aliphatic heterocycles. The van der Waals surface area contributed by atoms with Crippen LogP contribution in [0.15, 0.2) is 36.7 Å². The van der Waals surface area contributed by atoms with Gasteiger partial charge in [0.15, 0.2) is 0 Å². The fourth-order valence-electron chi connectivity index (χ4n) is 2.33. The number of hydroxylamine groups is 2. The molecule has 0 aromatic carbocycles. The highest BCUT2D eigenvalue weighted by Gasteiger charge is 2.40. The second-order valence-electron chi connectivity index (χ2n) is 4.97. The van der Waals surface area contributed by atoms with Gasteiger partial charge in [-0.3, -0.25) is 10.2 Å². The van der Waals surface area contributed by atoms with Gasteiger partial charge in [-0.25, -0.2) is 9.86 Å². The lowest BCUT2D eigenvalue weighted by Crippen LogP contribution is -2.34. The Bertz CT molecular complexity index is 614. The summed E-state index contributed by atoms with van der Waals surface area (Å²) < 4.78 is 0. The third-order valence-electron chi connectivity index (χ3n) is 3.52. The Morgan fingerprint density at radius 1 is 1.50 bits per heavy atom. The lowest BCUT2D eigenvalue weighted by molar-refractivity contribution is -0.0431. The van der Waals surface area contributed by atoms with Crippen molar-refractivity contribution in [1.82, 2.24) is 10.0 Å². The van der Waals surface area contributed by atoms with Gasteiger partial charge >= 0.3 is 6.03 Å². The number of urea groups is 1. The lowest BCUT2D eigenvalue weighted by atomic mass is 10.2. The Morgan fingerprint density at radius 3 is 3.05 bits per heavy atom. The Balaban J connectivity index is 1.66. The summed E-state index contributed by atoms with van der Waals surface area (Å²) in [7, 11) is 0. The Kier molecular flexibility index (Phi) is 3.42. The molecule has 2 aromatic heterocycles. The van der Waals surface area contributed by atoms with Gasteiger partial charge in [0.2, 0.25) is 0 Å². The van der Waals surface area contributed by atoms with Gasteiger partial charge in [-0.2, -0.15) is 0 Å². The summed E-state index contributed by atoms with van der Waals surface area (Å²) in [6, 6.07) is 7.37. The summed E-state index contributed by atoms with van der Waals surface area (Å²) in [5.74, 6) is 0.715. The quantitative estimate of drug-likeness (QED) is 0.671. The number of pyridine rings is 1. The van der Waals surface area contributed by atoms with E-state index < -0.39 is 6.03 Å². The van der Waals surface area contributed by atoms with Gasteiger partial charge in [-0.15, -0.1) is 11.3 Å². The third-order valence-corrected chi connectivity index (χ3v) is 4.79. The van der Waals surface area contributed by atoms with E-state index in [1.807, 2.05) is 18.3 Å². The Hall–Kier alpha value is -1.92. The van der Waals surface area contributed by atoms with Crippen LogP contribution in [-0.4, -0.2) is 27.8 Å². The van der Waals surface area contributed by atoms with Gasteiger partial charge in [0.25, 0.3) is 0 Å². The number of carbonyl (C=O) groups is 1. The maximum Gasteiger partial charge on any atom is 0.338 e. The van der Waals surface area contributed by atoms with Crippen LogP contribution in [0, 0.1) is 5.92 Å². The highest BCUT2D eigenvalue weighted by atomic mass is 32.1. The topological polar surface area (TPSA) is 79.5 Å². The molecule has 1 saturated carbocycles. The number of aromatic nitrogens is 1. The number of thiophene rings is 1. The summed E-state index contributed by atoms with van der Waals surface area (Å²) in [6.07, 6.45) is 4.59. The molecule has 0 radical (unpaired) electrons. The number of carbonyl (C=O) groups excluding carboxylic acids is 1. The van der Waals surface area contributed by atoms with Crippen LogP contribution >= 0.6 is 11.3 Å². The lowest BCUT2D eigenvalue weighted by Gasteiger charge is -2.10. The van der Waals surface area contributed by atoms with Crippen LogP contribution in [0.25, 0.3) is 10.4 Å². The molecule has 2 unspecified atom stereocenters. The molecule has 2 heterocycles. The number of nitrogens with zero attached hydrogens (tertiary/aromatic N) is 2. The maximum absolute atomic E-state index is 10.8. The van der Waals surface area contributed by atoms with Gasteiger partial charge < -0.3 is 5.73 Å². The molecular weight excluding hydrogens is 274 g/mol. The second-order valence-corrected chi connectivity index (χ2v) is 6.08. The monoisotopic (exact) mass is 289 g/mol. The molecule has 1 aliphatic carbocycles. The first kappa shape index (κ1) is 13.1. The van der Waals surface area contributed by atoms with Gasteiger partial charge in [0.05, 0.1) is 6.54 Å². The van der Waals surface area contributed by atoms with Crippen LogP contribution in [0.3, 0.4) is 0 Å². The summed E-state index contributed by atoms with van der Waals surface area (Å²) in [5.41, 5.74) is 6.12. The summed E-state index contributed by atoms with van der Waals surface area (Å²) >= 11 is 1.74. The predicted octanol–water partition coefficient (Wildman–Crippen LogP) is 2.68. The van der Waals surface area contributed by atoms with Crippen molar-refractivity contribution in [3.8, 4) is 10.4 Å². The average molecular weight is 289 g/mol. The number of amides is 2. The molecule has 6 heteroatoms. The van der Waals surface area contributed by atoms with E-state index in [0.29, 0.717) is 23.4 Å². The number of primary amides is 1. The van der Waals surface area contributed by atoms with E-state index >= 15 is 0 Å². The van der Waals surface area contributed by atoms with E-state index in [2.05, 4.69) is 17.1 Å². The zero-order chi connectivity index (χ0) is 14.1. The van der Waals surface area contributed by atoms with E-state index in [0.717, 1.165) is 12.0 Å². The minimum absolute atomic E-state index is 0.299. The van der Waals surface area contributed by atoms with Crippen molar-refractivity contribution in [2.45, 2.75) is 12.3 Å². The van der Waals surface area contributed by atoms with Crippen molar-refractivity contribution in [2.24, 2.45) is 11.7 Å². The SMILES string of the molecule is NC(=O)N(O)CC1CC1c1ccc(-c2cccnc2)s1. The number of hydrogen-bond acceptors (Lipinski definition) is 4. The minimum atomic E-state index is -0.794. The molecular formula is C14H15N3O2S. The minimum Gasteiger partial charge on any atom is -0.350 e. The summed E-state index contributed by atoms with van der Waals surface area (Å²) in [6.45, 7) is 0.306. The molecule has 0 spiro atoms. The molecule has 2 aromatic rings. The molecule has 0 bridgehead atoms. The molecule has 3 rings (SSSR count). The molecule has 2 atom stereocenters. The molecule has 20 heavy (non-hydrogen) atoms. The van der Waals surface area contributed by atoms with E-state index in [9.17, 15) is 10.0 Å². The standard InChI is InChI=1S/C14H15N3O2S/c15-14(18)17(19)8-10-6-11(10)13-4-3-12(20-13)9-2-1-5-16-7-9/h1-5,7,10-11,19H,6,8H2,(H2,15,18). The number of nitrogens with two attached hydrogens (primary N) is 1. The van der Waals surface area contributed by atoms with Gasteiger partial charge in [-0.1, -0.05) is 6.07 Å². The van der Waals surface area contributed by atoms with Crippen LogP contribution in [0.5, 0.6) is 0 Å². The zero-order valence-electron chi connectivity index (χ0n) is 10.8. The van der Waals surface area contributed by atoms with Crippen LogP contribution in [0.4, 0.5) is 4.79 Å². The normalized spacial score (nSPS) is 20.6. The number of rotatable bonds is 4. The van der Waals surface area contributed by atoms with Crippen molar-refractivity contribution in [2.75, 3.05) is 6.54 Å². The van der Waals surface area contributed by atoms with Crippen LogP contribution < -0.4 is 5.73 Å². The average Bonchev–Trinajstić information content (AvgIpc) is 3.03. The smallest absolute Gasteiger partial charge is 0.338 e. The zero-order valence-corrected chi connectivity index (χ0v) is 11.6. The van der Waals surface area contributed by atoms with Gasteiger partial charge in [0.1, 0.15) is 0 Å². The Labute approximate surface area is 120 Å². The molecule has 1 aliphatic rings. The summed E-state index contributed by atoms with van der Waals surface area (Å²) in [5, 5.41) is 9.94. The van der Waals surface area contributed by atoms with Crippen molar-refractivity contribution >= 4 is 17.4 Å². The first-order valence-electron chi connectivity index (χ1n) is 6.41. The fourth-order valence-corrected chi connectivity index (χ4v) is 3.53. The van der Waals surface area contributed by atoms with Crippen molar-refractivity contribution in [3.05, 3.63) is 41.5 Å². The number of hydrogen-bond donors (Lipinski definition) is 2. The summed E-state index contributed by atoms with van der Waals surface area (Å²) in [4.78, 5) is 17.4. The van der Waals surface area contributed by atoms with Crippen molar-refractivity contribution in [3.63, 3.8) is 0 Å². The van der Waals surface area contributed by atoms with Crippen LogP contribution in [-0.2, 0) is 0 Å². The van der Waals surface area contributed by atoms with Crippen molar-refractivity contribution < 1.29 is 10.0 Å². The van der Waals surface area contributed by atoms with Gasteiger partial charge in [0, 0.05) is 27.7 Å². The predicted molar refractivity (Wildman–Crippen MR) is 76.5 cm³/mol. The molecule has 104 valence electrons. The molecule has 2 amide bonds. The second kappa shape index (κ2) is 5.22. The first-order valence-corrected chi connectivity index (χ1v) is 7.23. The highest BCUT2D eigenvalue weighted by molar-refractivity contribution is 7.15. The third kappa shape index (κ3) is 2.66. The van der Waals surface area contributed by atoms with Crippen LogP contribution in [0.1, 0.15) is 17.2 Å². The van der Waals surface area contributed by atoms with E-state index in [-0.39, 0.29) is 0 Å². The van der Waals surface area contributed by atoms with E-state index in [1.165, 1.54) is 9.75 Å². The highest BCUT2D eigenvalue weighted by Crippen LogP contribution is 2.50. The molecule has 1 fully saturated rings. The first-order chi connectivity index (χ1) is 9.65. The molecule has 3 N–H and O–H groups in total. The fraction of sp³-hybridized carbons (Fsp3) is 0.286. The van der Waals surface area contributed by atoms with Gasteiger partial charge in [-0.05, 0) is 36.5 Å². The maximum atomic E-state index is 10.8. The van der Waals surface area contributed by atoms with E-state index in [1.54, 1.807) is 17.5 Å². The largest absolute Gasteiger partial charge is 0.350 e. The van der Waals surface area contributed by atoms with E-state index in [4.69, 9.17) is 5.73 Å². The van der Waals surface area contributed by atoms with Crippen molar-refractivity contribution in [1.29, 1.82) is 0 Å². The van der Waals surface area contributed by atoms with Crippen LogP contribution in [0.2, 0.25) is 0 Å². The molecule has 5 nitrogen and oxygen atoms in total. The molecule has 0 saturated heterocycles.